The highest BCUT2D eigenvalue weighted by Crippen LogP contribution is 2.23. The van der Waals surface area contributed by atoms with Crippen LogP contribution in [0.15, 0.2) is 22.0 Å². The van der Waals surface area contributed by atoms with Gasteiger partial charge in [-0.15, -0.1) is 0 Å². The third kappa shape index (κ3) is 2.74. The van der Waals surface area contributed by atoms with Crippen LogP contribution in [0.25, 0.3) is 0 Å². The number of rotatable bonds is 3. The second kappa shape index (κ2) is 4.84. The Bertz CT molecular complexity index is 464. The Labute approximate surface area is 102 Å². The fourth-order valence-corrected chi connectivity index (χ4v) is 1.96. The molecule has 0 radical (unpaired) electrons. The van der Waals surface area contributed by atoms with E-state index in [1.54, 1.807) is 6.20 Å². The van der Waals surface area contributed by atoms with Gasteiger partial charge in [0.25, 0.3) is 5.22 Å². The van der Waals surface area contributed by atoms with E-state index in [2.05, 4.69) is 15.0 Å². The van der Waals surface area contributed by atoms with Crippen LogP contribution in [0.4, 0.5) is 0 Å². The first-order valence-corrected chi connectivity index (χ1v) is 6.05. The minimum Gasteiger partial charge on any atom is -0.437 e. The molecule has 2 aromatic heterocycles. The van der Waals surface area contributed by atoms with Crippen molar-refractivity contribution in [3.63, 3.8) is 0 Å². The molecule has 0 saturated carbocycles. The molecule has 0 saturated heterocycles. The molecule has 0 atom stereocenters. The van der Waals surface area contributed by atoms with Crippen molar-refractivity contribution in [3.8, 4) is 0 Å². The maximum atomic E-state index is 5.64. The van der Waals surface area contributed by atoms with Crippen LogP contribution in [0.1, 0.15) is 17.1 Å². The molecule has 2 rings (SSSR count). The van der Waals surface area contributed by atoms with Gasteiger partial charge in [0.2, 0.25) is 0 Å². The van der Waals surface area contributed by atoms with Crippen LogP contribution in [0.3, 0.4) is 0 Å². The number of hydrogen-bond donors (Lipinski definition) is 0. The molecular weight excluding hydrogens is 246 g/mol. The second-order valence-corrected chi connectivity index (χ2v) is 4.55. The lowest BCUT2D eigenvalue weighted by molar-refractivity contribution is 0.431. The first-order chi connectivity index (χ1) is 7.65. The lowest BCUT2D eigenvalue weighted by Crippen LogP contribution is -1.88. The van der Waals surface area contributed by atoms with E-state index in [9.17, 15) is 0 Å². The Morgan fingerprint density at radius 2 is 2.12 bits per heavy atom. The number of halogens is 1. The molecule has 0 aromatic carbocycles. The maximum absolute atomic E-state index is 5.64. The lowest BCUT2D eigenvalue weighted by Gasteiger charge is -1.96. The van der Waals surface area contributed by atoms with E-state index in [0.717, 1.165) is 17.1 Å². The van der Waals surface area contributed by atoms with E-state index < -0.39 is 0 Å². The summed E-state index contributed by atoms with van der Waals surface area (Å²) in [7, 11) is 0. The predicted octanol–water partition coefficient (Wildman–Crippen LogP) is 3.03. The molecule has 0 fully saturated rings. The summed E-state index contributed by atoms with van der Waals surface area (Å²) in [6.07, 6.45) is 3.18. The summed E-state index contributed by atoms with van der Waals surface area (Å²) in [5.74, 6) is 1.52. The highest BCUT2D eigenvalue weighted by Gasteiger charge is 2.06. The predicted molar refractivity (Wildman–Crippen MR) is 62.6 cm³/mol. The topological polar surface area (TPSA) is 51.8 Å². The van der Waals surface area contributed by atoms with Crippen LogP contribution in [-0.4, -0.2) is 15.0 Å². The molecule has 0 amide bonds. The van der Waals surface area contributed by atoms with Crippen LogP contribution < -0.4 is 0 Å². The molecule has 16 heavy (non-hydrogen) atoms. The van der Waals surface area contributed by atoms with E-state index in [1.807, 2.05) is 13.8 Å². The number of nitrogens with zero attached hydrogens (tertiary/aromatic N) is 3. The first-order valence-electron chi connectivity index (χ1n) is 4.68. The number of hydrogen-bond acceptors (Lipinski definition) is 5. The van der Waals surface area contributed by atoms with Gasteiger partial charge in [-0.1, -0.05) is 23.4 Å². The number of oxazole rings is 1. The molecule has 0 spiro atoms. The van der Waals surface area contributed by atoms with Crippen LogP contribution in [0, 0.1) is 13.8 Å². The summed E-state index contributed by atoms with van der Waals surface area (Å²) in [6.45, 7) is 3.82. The molecular formula is C10H10ClN3OS. The Balaban J connectivity index is 1.99. The van der Waals surface area contributed by atoms with Crippen molar-refractivity contribution >= 4 is 23.4 Å². The van der Waals surface area contributed by atoms with Crippen molar-refractivity contribution < 1.29 is 4.42 Å². The van der Waals surface area contributed by atoms with Gasteiger partial charge in [-0.25, -0.2) is 9.97 Å². The van der Waals surface area contributed by atoms with Crippen LogP contribution >= 0.6 is 23.4 Å². The van der Waals surface area contributed by atoms with Crippen molar-refractivity contribution in [3.05, 3.63) is 34.7 Å². The third-order valence-corrected chi connectivity index (χ3v) is 3.08. The summed E-state index contributed by atoms with van der Waals surface area (Å²) < 4.78 is 5.44. The van der Waals surface area contributed by atoms with Gasteiger partial charge in [0.15, 0.2) is 0 Å². The third-order valence-electron chi connectivity index (χ3n) is 2.03. The van der Waals surface area contributed by atoms with Crippen molar-refractivity contribution in [2.75, 3.05) is 0 Å². The summed E-state index contributed by atoms with van der Waals surface area (Å²) in [4.78, 5) is 12.4. The SMILES string of the molecule is Cc1nc(SCc2cnc(Cl)cn2)oc1C. The van der Waals surface area contributed by atoms with E-state index in [0.29, 0.717) is 16.1 Å². The zero-order valence-corrected chi connectivity index (χ0v) is 10.5. The van der Waals surface area contributed by atoms with Gasteiger partial charge in [0.1, 0.15) is 10.9 Å². The standard InChI is InChI=1S/C10H10ClN3OS/c1-6-7(2)15-10(14-6)16-5-8-3-13-9(11)4-12-8/h3-4H,5H2,1-2H3. The van der Waals surface area contributed by atoms with E-state index >= 15 is 0 Å². The summed E-state index contributed by atoms with van der Waals surface area (Å²) in [5.41, 5.74) is 1.77. The van der Waals surface area contributed by atoms with Crippen molar-refractivity contribution in [2.24, 2.45) is 0 Å². The number of aryl methyl sites for hydroxylation is 2. The minimum absolute atomic E-state index is 0.400. The normalized spacial score (nSPS) is 10.7. The number of aromatic nitrogens is 3. The molecule has 0 aliphatic rings. The van der Waals surface area contributed by atoms with Gasteiger partial charge in [0.05, 0.1) is 23.8 Å². The Morgan fingerprint density at radius 3 is 2.69 bits per heavy atom. The van der Waals surface area contributed by atoms with Crippen LogP contribution in [-0.2, 0) is 5.75 Å². The van der Waals surface area contributed by atoms with Gasteiger partial charge < -0.3 is 4.42 Å². The van der Waals surface area contributed by atoms with Crippen LogP contribution in [0.2, 0.25) is 5.15 Å². The van der Waals surface area contributed by atoms with E-state index in [1.165, 1.54) is 18.0 Å². The highest BCUT2D eigenvalue weighted by atomic mass is 35.5. The summed E-state index contributed by atoms with van der Waals surface area (Å²) in [6, 6.07) is 0. The van der Waals surface area contributed by atoms with Gasteiger partial charge in [-0.3, -0.25) is 4.98 Å². The largest absolute Gasteiger partial charge is 0.437 e. The minimum atomic E-state index is 0.400. The molecule has 0 bridgehead atoms. The zero-order chi connectivity index (χ0) is 11.5. The second-order valence-electron chi connectivity index (χ2n) is 3.24. The molecule has 2 heterocycles. The smallest absolute Gasteiger partial charge is 0.256 e. The molecule has 0 unspecified atom stereocenters. The fraction of sp³-hybridized carbons (Fsp3) is 0.300. The molecule has 0 aliphatic heterocycles. The lowest BCUT2D eigenvalue weighted by atomic mass is 10.4. The molecule has 6 heteroatoms. The molecule has 84 valence electrons. The Hall–Kier alpha value is -1.07. The highest BCUT2D eigenvalue weighted by molar-refractivity contribution is 7.98. The van der Waals surface area contributed by atoms with Crippen molar-refractivity contribution in [1.29, 1.82) is 0 Å². The molecule has 4 nitrogen and oxygen atoms in total. The van der Waals surface area contributed by atoms with Gasteiger partial charge in [-0.2, -0.15) is 0 Å². The fourth-order valence-electron chi connectivity index (χ4n) is 1.05. The summed E-state index contributed by atoms with van der Waals surface area (Å²) in [5, 5.41) is 1.06. The Morgan fingerprint density at radius 1 is 1.31 bits per heavy atom. The quantitative estimate of drug-likeness (QED) is 0.789. The number of thioether (sulfide) groups is 1. The molecule has 2 aromatic rings. The average Bonchev–Trinajstić information content (AvgIpc) is 2.58. The van der Waals surface area contributed by atoms with Gasteiger partial charge >= 0.3 is 0 Å². The molecule has 0 N–H and O–H groups in total. The van der Waals surface area contributed by atoms with Crippen molar-refractivity contribution in [2.45, 2.75) is 24.8 Å². The summed E-state index contributed by atoms with van der Waals surface area (Å²) >= 11 is 7.13. The van der Waals surface area contributed by atoms with Gasteiger partial charge in [0, 0.05) is 5.75 Å². The average molecular weight is 256 g/mol. The van der Waals surface area contributed by atoms with Crippen molar-refractivity contribution in [1.82, 2.24) is 15.0 Å². The molecule has 0 aliphatic carbocycles. The Kier molecular flexibility index (Phi) is 3.46. The zero-order valence-electron chi connectivity index (χ0n) is 8.90. The first kappa shape index (κ1) is 11.4. The monoisotopic (exact) mass is 255 g/mol. The van der Waals surface area contributed by atoms with E-state index in [-0.39, 0.29) is 0 Å². The van der Waals surface area contributed by atoms with Crippen LogP contribution in [0.5, 0.6) is 0 Å². The van der Waals surface area contributed by atoms with Gasteiger partial charge in [-0.05, 0) is 13.8 Å². The van der Waals surface area contributed by atoms with E-state index in [4.69, 9.17) is 16.0 Å². The maximum Gasteiger partial charge on any atom is 0.256 e.